The van der Waals surface area contributed by atoms with Crippen LogP contribution in [0, 0.1) is 11.8 Å². The molecule has 0 saturated carbocycles. The molecule has 0 aliphatic carbocycles. The van der Waals surface area contributed by atoms with Crippen molar-refractivity contribution in [3.05, 3.63) is 35.4 Å². The average Bonchev–Trinajstić information content (AvgIpc) is 2.46. The molecule has 0 bridgehead atoms. The van der Waals surface area contributed by atoms with E-state index in [1.165, 1.54) is 0 Å². The first-order valence-corrected chi connectivity index (χ1v) is 8.83. The zero-order chi connectivity index (χ0) is 15.7. The van der Waals surface area contributed by atoms with Crippen LogP contribution >= 0.6 is 0 Å². The van der Waals surface area contributed by atoms with E-state index in [4.69, 9.17) is 5.11 Å². The van der Waals surface area contributed by atoms with E-state index in [2.05, 4.69) is 16.6 Å². The molecule has 2 N–H and O–H groups in total. The van der Waals surface area contributed by atoms with E-state index < -0.39 is 10.0 Å². The van der Waals surface area contributed by atoms with Gasteiger partial charge in [-0.3, -0.25) is 0 Å². The normalized spacial score (nSPS) is 12.5. The number of benzene rings is 1. The Morgan fingerprint density at radius 1 is 1.29 bits per heavy atom. The molecular formula is C16H23NO3S. The van der Waals surface area contributed by atoms with E-state index >= 15 is 0 Å². The number of hydrogen-bond acceptors (Lipinski definition) is 3. The summed E-state index contributed by atoms with van der Waals surface area (Å²) in [5.41, 5.74) is 1.76. The molecule has 0 aliphatic rings. The van der Waals surface area contributed by atoms with E-state index in [0.29, 0.717) is 12.8 Å². The minimum atomic E-state index is -3.22. The Morgan fingerprint density at radius 3 is 2.52 bits per heavy atom. The van der Waals surface area contributed by atoms with Crippen LogP contribution in [0.15, 0.2) is 24.3 Å². The van der Waals surface area contributed by atoms with Gasteiger partial charge in [0.1, 0.15) is 0 Å². The molecule has 0 amide bonds. The van der Waals surface area contributed by atoms with Crippen LogP contribution in [0.4, 0.5) is 0 Å². The summed E-state index contributed by atoms with van der Waals surface area (Å²) in [5, 5.41) is 8.66. The summed E-state index contributed by atoms with van der Waals surface area (Å²) in [6, 6.07) is 7.20. The van der Waals surface area contributed by atoms with Gasteiger partial charge in [-0.1, -0.05) is 37.3 Å². The van der Waals surface area contributed by atoms with Crippen LogP contribution in [0.5, 0.6) is 0 Å². The predicted octanol–water partition coefficient (Wildman–Crippen LogP) is 2.20. The van der Waals surface area contributed by atoms with Gasteiger partial charge in [0.05, 0.1) is 12.4 Å². The molecule has 4 nitrogen and oxygen atoms in total. The topological polar surface area (TPSA) is 66.4 Å². The fourth-order valence-corrected chi connectivity index (χ4v) is 3.27. The van der Waals surface area contributed by atoms with Crippen molar-refractivity contribution in [2.75, 3.05) is 12.4 Å². The van der Waals surface area contributed by atoms with Crippen molar-refractivity contribution < 1.29 is 13.5 Å². The van der Waals surface area contributed by atoms with E-state index in [-0.39, 0.29) is 18.4 Å². The molecule has 1 unspecified atom stereocenters. The molecule has 1 rings (SSSR count). The summed E-state index contributed by atoms with van der Waals surface area (Å²) in [4.78, 5) is 0. The van der Waals surface area contributed by atoms with Crippen LogP contribution in [-0.4, -0.2) is 25.9 Å². The standard InChI is InChI=1S/C16H23NO3S/c1-3-4-13-21(19,20)17-14(2)16-10-8-15(9-11-16)7-5-6-12-18/h8-11,14,17-18H,3-4,6,12-13H2,1-2H3. The first-order chi connectivity index (χ1) is 9.98. The Balaban J connectivity index is 2.67. The van der Waals surface area contributed by atoms with Gasteiger partial charge in [-0.25, -0.2) is 13.1 Å². The Labute approximate surface area is 127 Å². The minimum absolute atomic E-state index is 0.0572. The number of rotatable bonds is 7. The molecule has 1 aromatic rings. The van der Waals surface area contributed by atoms with Gasteiger partial charge in [0.15, 0.2) is 0 Å². The molecule has 21 heavy (non-hydrogen) atoms. The molecule has 1 aromatic carbocycles. The van der Waals surface area contributed by atoms with Gasteiger partial charge in [0.2, 0.25) is 10.0 Å². The van der Waals surface area contributed by atoms with Crippen molar-refractivity contribution >= 4 is 10.0 Å². The Kier molecular flexibility index (Phi) is 7.44. The second-order valence-electron chi connectivity index (χ2n) is 4.91. The van der Waals surface area contributed by atoms with Crippen molar-refractivity contribution in [2.45, 2.75) is 39.2 Å². The number of hydrogen-bond donors (Lipinski definition) is 2. The second kappa shape index (κ2) is 8.83. The number of sulfonamides is 1. The number of aliphatic hydroxyl groups excluding tert-OH is 1. The van der Waals surface area contributed by atoms with Crippen molar-refractivity contribution in [3.63, 3.8) is 0 Å². The fraction of sp³-hybridized carbons (Fsp3) is 0.500. The van der Waals surface area contributed by atoms with Crippen LogP contribution in [0.3, 0.4) is 0 Å². The Bertz CT molecular complexity index is 582. The van der Waals surface area contributed by atoms with Crippen LogP contribution in [-0.2, 0) is 10.0 Å². The van der Waals surface area contributed by atoms with E-state index in [9.17, 15) is 8.42 Å². The SMILES string of the molecule is CCCCS(=O)(=O)NC(C)c1ccc(C#CCCO)cc1. The predicted molar refractivity (Wildman–Crippen MR) is 85.3 cm³/mol. The average molecular weight is 309 g/mol. The highest BCUT2D eigenvalue weighted by atomic mass is 32.2. The first kappa shape index (κ1) is 17.7. The molecule has 0 aromatic heterocycles. The lowest BCUT2D eigenvalue weighted by Crippen LogP contribution is -2.29. The summed E-state index contributed by atoms with van der Waals surface area (Å²) in [5.74, 6) is 5.95. The Morgan fingerprint density at radius 2 is 1.95 bits per heavy atom. The van der Waals surface area contributed by atoms with Crippen LogP contribution in [0.2, 0.25) is 0 Å². The molecule has 116 valence electrons. The molecule has 5 heteroatoms. The third-order valence-corrected chi connectivity index (χ3v) is 4.54. The van der Waals surface area contributed by atoms with Crippen LogP contribution < -0.4 is 4.72 Å². The van der Waals surface area contributed by atoms with E-state index in [0.717, 1.165) is 17.5 Å². The number of aliphatic hydroxyl groups is 1. The van der Waals surface area contributed by atoms with Gasteiger partial charge in [0, 0.05) is 18.0 Å². The minimum Gasteiger partial charge on any atom is -0.395 e. The molecule has 0 heterocycles. The summed E-state index contributed by atoms with van der Waals surface area (Å²) in [7, 11) is -3.22. The van der Waals surface area contributed by atoms with Gasteiger partial charge in [0.25, 0.3) is 0 Å². The van der Waals surface area contributed by atoms with Crippen molar-refractivity contribution in [1.82, 2.24) is 4.72 Å². The molecule has 0 saturated heterocycles. The van der Waals surface area contributed by atoms with Gasteiger partial charge >= 0.3 is 0 Å². The zero-order valence-electron chi connectivity index (χ0n) is 12.6. The zero-order valence-corrected chi connectivity index (χ0v) is 13.4. The summed E-state index contributed by atoms with van der Waals surface area (Å²) < 4.78 is 26.4. The summed E-state index contributed by atoms with van der Waals surface area (Å²) in [6.07, 6.45) is 1.98. The highest BCUT2D eigenvalue weighted by Crippen LogP contribution is 2.14. The fourth-order valence-electron chi connectivity index (χ4n) is 1.81. The maximum absolute atomic E-state index is 11.9. The Hall–Kier alpha value is -1.35. The van der Waals surface area contributed by atoms with E-state index in [1.54, 1.807) is 0 Å². The highest BCUT2D eigenvalue weighted by Gasteiger charge is 2.14. The molecule has 0 spiro atoms. The lowest BCUT2D eigenvalue weighted by atomic mass is 10.1. The molecule has 1 atom stereocenters. The maximum Gasteiger partial charge on any atom is 0.212 e. The van der Waals surface area contributed by atoms with Gasteiger partial charge < -0.3 is 5.11 Å². The van der Waals surface area contributed by atoms with E-state index in [1.807, 2.05) is 38.1 Å². The third kappa shape index (κ3) is 6.76. The highest BCUT2D eigenvalue weighted by molar-refractivity contribution is 7.89. The quantitative estimate of drug-likeness (QED) is 0.759. The monoisotopic (exact) mass is 309 g/mol. The van der Waals surface area contributed by atoms with Crippen molar-refractivity contribution in [3.8, 4) is 11.8 Å². The summed E-state index contributed by atoms with van der Waals surface area (Å²) in [6.45, 7) is 3.85. The largest absolute Gasteiger partial charge is 0.395 e. The lowest BCUT2D eigenvalue weighted by Gasteiger charge is -2.14. The van der Waals surface area contributed by atoms with Crippen molar-refractivity contribution in [1.29, 1.82) is 0 Å². The molecular weight excluding hydrogens is 286 g/mol. The maximum atomic E-state index is 11.9. The number of nitrogens with one attached hydrogen (secondary N) is 1. The molecule has 0 aliphatic heterocycles. The third-order valence-electron chi connectivity index (χ3n) is 3.00. The van der Waals surface area contributed by atoms with Crippen molar-refractivity contribution in [2.24, 2.45) is 0 Å². The summed E-state index contributed by atoms with van der Waals surface area (Å²) >= 11 is 0. The first-order valence-electron chi connectivity index (χ1n) is 7.18. The second-order valence-corrected chi connectivity index (χ2v) is 6.78. The van der Waals surface area contributed by atoms with Crippen LogP contribution in [0.25, 0.3) is 0 Å². The van der Waals surface area contributed by atoms with Gasteiger partial charge in [-0.05, 0) is 31.0 Å². The molecule has 0 fully saturated rings. The van der Waals surface area contributed by atoms with Gasteiger partial charge in [-0.2, -0.15) is 0 Å². The smallest absolute Gasteiger partial charge is 0.212 e. The van der Waals surface area contributed by atoms with Crippen LogP contribution in [0.1, 0.15) is 50.3 Å². The molecule has 0 radical (unpaired) electrons. The van der Waals surface area contributed by atoms with Gasteiger partial charge in [-0.15, -0.1) is 0 Å². The lowest BCUT2D eigenvalue weighted by molar-refractivity contribution is 0.305. The number of unbranched alkanes of at least 4 members (excludes halogenated alkanes) is 1.